The molecular formula is C7H12N2OS3. The average Bonchev–Trinajstić information content (AvgIpc) is 2.51. The van der Waals surface area contributed by atoms with Crippen molar-refractivity contribution in [3.8, 4) is 0 Å². The van der Waals surface area contributed by atoms with Gasteiger partial charge in [0.15, 0.2) is 4.34 Å². The molecule has 1 heterocycles. The van der Waals surface area contributed by atoms with Crippen LogP contribution >= 0.6 is 35.9 Å². The van der Waals surface area contributed by atoms with Crippen molar-refractivity contribution in [1.29, 1.82) is 0 Å². The molecule has 0 aliphatic rings. The molecular weight excluding hydrogens is 224 g/mol. The predicted molar refractivity (Wildman–Crippen MR) is 60.0 cm³/mol. The van der Waals surface area contributed by atoms with Gasteiger partial charge in [-0.25, -0.2) is 4.98 Å². The quantitative estimate of drug-likeness (QED) is 0.465. The largest absolute Gasteiger partial charge is 0.380 e. The number of aromatic nitrogens is 2. The van der Waals surface area contributed by atoms with Crippen molar-refractivity contribution < 1.29 is 4.74 Å². The average molecular weight is 236 g/mol. The fourth-order valence-corrected chi connectivity index (χ4v) is 2.39. The lowest BCUT2D eigenvalue weighted by atomic mass is 10.8. The lowest BCUT2D eigenvalue weighted by Crippen LogP contribution is -1.99. The summed E-state index contributed by atoms with van der Waals surface area (Å²) in [6, 6.07) is 0. The number of rotatable bonds is 6. The van der Waals surface area contributed by atoms with E-state index in [9.17, 15) is 0 Å². The van der Waals surface area contributed by atoms with Crippen molar-refractivity contribution in [2.45, 2.75) is 11.3 Å². The van der Waals surface area contributed by atoms with E-state index in [1.807, 2.05) is 6.92 Å². The number of ether oxygens (including phenoxy) is 1. The molecule has 1 aromatic rings. The van der Waals surface area contributed by atoms with Crippen LogP contribution in [0.15, 0.2) is 4.34 Å². The Morgan fingerprint density at radius 1 is 1.54 bits per heavy atom. The molecule has 0 spiro atoms. The molecule has 0 radical (unpaired) electrons. The Morgan fingerprint density at radius 3 is 3.00 bits per heavy atom. The summed E-state index contributed by atoms with van der Waals surface area (Å²) in [6.07, 6.45) is 0. The summed E-state index contributed by atoms with van der Waals surface area (Å²) in [4.78, 5) is 4.23. The van der Waals surface area contributed by atoms with E-state index in [1.54, 1.807) is 11.8 Å². The van der Waals surface area contributed by atoms with Crippen molar-refractivity contribution in [2.75, 3.05) is 24.7 Å². The van der Waals surface area contributed by atoms with Gasteiger partial charge < -0.3 is 4.74 Å². The molecule has 0 aromatic carbocycles. The zero-order chi connectivity index (χ0) is 9.52. The van der Waals surface area contributed by atoms with Gasteiger partial charge in [-0.2, -0.15) is 17.0 Å². The first kappa shape index (κ1) is 11.3. The molecule has 0 atom stereocenters. The molecule has 0 saturated carbocycles. The number of hydrogen-bond donors (Lipinski definition) is 1. The molecule has 0 amide bonds. The topological polar surface area (TPSA) is 35.0 Å². The highest BCUT2D eigenvalue weighted by Gasteiger charge is 1.99. The monoisotopic (exact) mass is 236 g/mol. The van der Waals surface area contributed by atoms with Crippen LogP contribution in [0.5, 0.6) is 0 Å². The van der Waals surface area contributed by atoms with Gasteiger partial charge in [-0.15, -0.1) is 0 Å². The van der Waals surface area contributed by atoms with Crippen LogP contribution in [0.2, 0.25) is 0 Å². The maximum atomic E-state index is 5.27. The number of nitrogens with zero attached hydrogens (tertiary/aromatic N) is 2. The van der Waals surface area contributed by atoms with Crippen LogP contribution in [-0.2, 0) is 4.74 Å². The molecule has 0 unspecified atom stereocenters. The van der Waals surface area contributed by atoms with E-state index in [0.29, 0.717) is 0 Å². The summed E-state index contributed by atoms with van der Waals surface area (Å²) >= 11 is 7.18. The summed E-state index contributed by atoms with van der Waals surface area (Å²) in [5.74, 6) is 2.56. The van der Waals surface area contributed by atoms with Crippen molar-refractivity contribution in [1.82, 2.24) is 9.36 Å². The molecule has 6 heteroatoms. The molecule has 1 aromatic heterocycles. The zero-order valence-electron chi connectivity index (χ0n) is 7.39. The summed E-state index contributed by atoms with van der Waals surface area (Å²) in [7, 11) is 0. The minimum Gasteiger partial charge on any atom is -0.380 e. The second-order valence-corrected chi connectivity index (χ2v) is 4.83. The van der Waals surface area contributed by atoms with Gasteiger partial charge in [0, 0.05) is 11.5 Å². The smallest absolute Gasteiger partial charge is 0.170 e. The van der Waals surface area contributed by atoms with Crippen LogP contribution in [0, 0.1) is 6.92 Å². The van der Waals surface area contributed by atoms with Gasteiger partial charge in [0.25, 0.3) is 0 Å². The maximum Gasteiger partial charge on any atom is 0.170 e. The normalized spacial score (nSPS) is 10.6. The Balaban J connectivity index is 2.06. The summed E-state index contributed by atoms with van der Waals surface area (Å²) in [5, 5.41) is 0. The lowest BCUT2D eigenvalue weighted by molar-refractivity contribution is 0.167. The summed E-state index contributed by atoms with van der Waals surface area (Å²) in [6.45, 7) is 3.38. The van der Waals surface area contributed by atoms with Crippen molar-refractivity contribution in [2.24, 2.45) is 0 Å². The van der Waals surface area contributed by atoms with Crippen LogP contribution in [-0.4, -0.2) is 34.1 Å². The van der Waals surface area contributed by atoms with Gasteiger partial charge in [-0.1, -0.05) is 11.8 Å². The predicted octanol–water partition coefficient (Wildman–Crippen LogP) is 1.89. The first-order valence-electron chi connectivity index (χ1n) is 3.94. The first-order chi connectivity index (χ1) is 6.33. The van der Waals surface area contributed by atoms with Gasteiger partial charge in [0.2, 0.25) is 0 Å². The number of aryl methyl sites for hydroxylation is 1. The zero-order valence-corrected chi connectivity index (χ0v) is 9.92. The van der Waals surface area contributed by atoms with E-state index < -0.39 is 0 Å². The van der Waals surface area contributed by atoms with Crippen molar-refractivity contribution in [3.05, 3.63) is 5.82 Å². The Morgan fingerprint density at radius 2 is 2.38 bits per heavy atom. The van der Waals surface area contributed by atoms with E-state index in [0.717, 1.165) is 34.9 Å². The molecule has 13 heavy (non-hydrogen) atoms. The van der Waals surface area contributed by atoms with Gasteiger partial charge in [0.05, 0.1) is 13.2 Å². The van der Waals surface area contributed by atoms with Crippen LogP contribution in [0.4, 0.5) is 0 Å². The molecule has 3 nitrogen and oxygen atoms in total. The van der Waals surface area contributed by atoms with Crippen molar-refractivity contribution in [3.63, 3.8) is 0 Å². The number of thiol groups is 1. The molecule has 0 fully saturated rings. The number of hydrogen-bond acceptors (Lipinski definition) is 6. The third kappa shape index (κ3) is 4.85. The third-order valence-corrected chi connectivity index (χ3v) is 3.27. The van der Waals surface area contributed by atoms with Crippen molar-refractivity contribution >= 4 is 35.9 Å². The Hall–Kier alpha value is 0.220. The summed E-state index contributed by atoms with van der Waals surface area (Å²) in [5.41, 5.74) is 0. The van der Waals surface area contributed by atoms with Crippen LogP contribution in [0.3, 0.4) is 0 Å². The maximum absolute atomic E-state index is 5.27. The highest BCUT2D eigenvalue weighted by atomic mass is 32.2. The molecule has 0 N–H and O–H groups in total. The Bertz CT molecular complexity index is 241. The van der Waals surface area contributed by atoms with Crippen LogP contribution in [0.1, 0.15) is 5.82 Å². The van der Waals surface area contributed by atoms with Gasteiger partial charge >= 0.3 is 0 Å². The molecule has 0 aliphatic heterocycles. The number of thioether (sulfide) groups is 1. The van der Waals surface area contributed by atoms with Gasteiger partial charge in [0.1, 0.15) is 5.82 Å². The minimum atomic E-state index is 0.721. The Kier molecular flexibility index (Phi) is 5.77. The minimum absolute atomic E-state index is 0.721. The first-order valence-corrected chi connectivity index (χ1v) is 6.34. The SMILES string of the molecule is Cc1nsc(SCCOCCS)n1. The molecule has 74 valence electrons. The Labute approximate surface area is 91.9 Å². The standard InChI is InChI=1S/C7H12N2OS3/c1-6-8-7(13-9-6)12-5-3-10-2-4-11/h11H,2-5H2,1H3. The fraction of sp³-hybridized carbons (Fsp3) is 0.714. The molecule has 0 aliphatic carbocycles. The molecule has 0 saturated heterocycles. The van der Waals surface area contributed by atoms with E-state index in [-0.39, 0.29) is 0 Å². The van der Waals surface area contributed by atoms with E-state index in [1.165, 1.54) is 11.5 Å². The lowest BCUT2D eigenvalue weighted by Gasteiger charge is -1.98. The third-order valence-electron chi connectivity index (χ3n) is 1.20. The van der Waals surface area contributed by atoms with Gasteiger partial charge in [-0.05, 0) is 18.5 Å². The second-order valence-electron chi connectivity index (χ2n) is 2.29. The van der Waals surface area contributed by atoms with E-state index >= 15 is 0 Å². The highest BCUT2D eigenvalue weighted by Crippen LogP contribution is 2.19. The summed E-state index contributed by atoms with van der Waals surface area (Å²) < 4.78 is 10.4. The molecule has 0 bridgehead atoms. The second kappa shape index (κ2) is 6.64. The van der Waals surface area contributed by atoms with Gasteiger partial charge in [-0.3, -0.25) is 0 Å². The fourth-order valence-electron chi connectivity index (χ4n) is 0.691. The van der Waals surface area contributed by atoms with Crippen LogP contribution < -0.4 is 0 Å². The van der Waals surface area contributed by atoms with Crippen LogP contribution in [0.25, 0.3) is 0 Å². The highest BCUT2D eigenvalue weighted by molar-refractivity contribution is 8.00. The van der Waals surface area contributed by atoms with E-state index in [4.69, 9.17) is 4.74 Å². The molecule has 1 rings (SSSR count). The van der Waals surface area contributed by atoms with E-state index in [2.05, 4.69) is 22.0 Å².